The molecule has 0 radical (unpaired) electrons. The molecular weight excluding hydrogens is 258 g/mol. The van der Waals surface area contributed by atoms with Crippen molar-refractivity contribution in [2.45, 2.75) is 31.2 Å². The average Bonchev–Trinajstić information content (AvgIpc) is 2.97. The van der Waals surface area contributed by atoms with Gasteiger partial charge in [-0.1, -0.05) is 5.10 Å². The Morgan fingerprint density at radius 1 is 1.53 bits per heavy atom. The second-order valence-electron chi connectivity index (χ2n) is 4.02. The highest BCUT2D eigenvalue weighted by molar-refractivity contribution is 7.10. The second-order valence-corrected chi connectivity index (χ2v) is 5.29. The smallest absolute Gasteiger partial charge is 0.315 e. The summed E-state index contributed by atoms with van der Waals surface area (Å²) in [6.07, 6.45) is 3.48. The van der Waals surface area contributed by atoms with Gasteiger partial charge in [0.1, 0.15) is 5.88 Å². The van der Waals surface area contributed by atoms with Gasteiger partial charge in [-0.25, -0.2) is 0 Å². The molecule has 17 heavy (non-hydrogen) atoms. The molecule has 0 aromatic carbocycles. The first-order chi connectivity index (χ1) is 8.36. The lowest BCUT2D eigenvalue weighted by molar-refractivity contribution is 0.507. The molecule has 0 bridgehead atoms. The van der Waals surface area contributed by atoms with Crippen molar-refractivity contribution in [1.82, 2.24) is 10.2 Å². The maximum atomic E-state index is 5.62. The van der Waals surface area contributed by atoms with Crippen LogP contribution in [-0.4, -0.2) is 10.2 Å². The number of nitrogens with zero attached hydrogens (tertiary/aromatic N) is 2. The Hall–Kier alpha value is -1.07. The summed E-state index contributed by atoms with van der Waals surface area (Å²) in [4.78, 5) is 1.46. The fourth-order valence-corrected chi connectivity index (χ4v) is 3.25. The Labute approximate surface area is 108 Å². The first-order valence-corrected chi connectivity index (χ1v) is 6.99. The maximum Gasteiger partial charge on any atom is 0.315 e. The molecule has 3 rings (SSSR count). The molecule has 1 unspecified atom stereocenters. The van der Waals surface area contributed by atoms with Crippen LogP contribution < -0.4 is 5.32 Å². The molecule has 2 aromatic heterocycles. The third-order valence-corrected chi connectivity index (χ3v) is 4.16. The van der Waals surface area contributed by atoms with Crippen molar-refractivity contribution in [3.05, 3.63) is 27.8 Å². The third kappa shape index (κ3) is 2.17. The van der Waals surface area contributed by atoms with Crippen molar-refractivity contribution in [1.29, 1.82) is 0 Å². The van der Waals surface area contributed by atoms with E-state index in [9.17, 15) is 0 Å². The SMILES string of the molecule is ClCc1nnc(NC2CCCc3sccc32)o1. The zero-order valence-electron chi connectivity index (χ0n) is 9.15. The summed E-state index contributed by atoms with van der Waals surface area (Å²) in [5.74, 6) is 0.707. The van der Waals surface area contributed by atoms with E-state index in [-0.39, 0.29) is 11.9 Å². The number of nitrogens with one attached hydrogen (secondary N) is 1. The number of fused-ring (bicyclic) bond motifs is 1. The first-order valence-electron chi connectivity index (χ1n) is 5.58. The number of halogens is 1. The van der Waals surface area contributed by atoms with Gasteiger partial charge < -0.3 is 9.73 Å². The van der Waals surface area contributed by atoms with Crippen molar-refractivity contribution in [2.24, 2.45) is 0 Å². The fraction of sp³-hybridized carbons (Fsp3) is 0.455. The van der Waals surface area contributed by atoms with Crippen LogP contribution in [0.5, 0.6) is 0 Å². The Morgan fingerprint density at radius 2 is 2.47 bits per heavy atom. The highest BCUT2D eigenvalue weighted by Gasteiger charge is 2.22. The second kappa shape index (κ2) is 4.66. The van der Waals surface area contributed by atoms with E-state index < -0.39 is 0 Å². The number of thiophene rings is 1. The zero-order chi connectivity index (χ0) is 11.7. The maximum absolute atomic E-state index is 5.62. The van der Waals surface area contributed by atoms with Gasteiger partial charge in [0.25, 0.3) is 0 Å². The molecule has 1 N–H and O–H groups in total. The summed E-state index contributed by atoms with van der Waals surface area (Å²) in [7, 11) is 0. The van der Waals surface area contributed by atoms with Gasteiger partial charge in [-0.2, -0.15) is 0 Å². The molecule has 1 aliphatic rings. The Balaban J connectivity index is 1.78. The predicted octanol–water partition coefficient (Wildman–Crippen LogP) is 3.36. The lowest BCUT2D eigenvalue weighted by Crippen LogP contribution is -2.15. The van der Waals surface area contributed by atoms with Crippen molar-refractivity contribution in [3.63, 3.8) is 0 Å². The molecule has 2 aromatic rings. The topological polar surface area (TPSA) is 51.0 Å². The first kappa shape index (κ1) is 11.0. The molecule has 4 nitrogen and oxygen atoms in total. The number of hydrogen-bond donors (Lipinski definition) is 1. The van der Waals surface area contributed by atoms with Gasteiger partial charge in [0.2, 0.25) is 5.89 Å². The molecule has 0 spiro atoms. The average molecular weight is 270 g/mol. The Kier molecular flexibility index (Phi) is 3.03. The Morgan fingerprint density at radius 3 is 3.29 bits per heavy atom. The molecule has 2 heterocycles. The predicted molar refractivity (Wildman–Crippen MR) is 67.5 cm³/mol. The van der Waals surface area contributed by atoms with Crippen LogP contribution in [0.15, 0.2) is 15.9 Å². The lowest BCUT2D eigenvalue weighted by atomic mass is 9.94. The van der Waals surface area contributed by atoms with Gasteiger partial charge in [0, 0.05) is 4.88 Å². The van der Waals surface area contributed by atoms with Crippen LogP contribution in [0.1, 0.15) is 35.2 Å². The van der Waals surface area contributed by atoms with Crippen molar-refractivity contribution in [2.75, 3.05) is 5.32 Å². The number of hydrogen-bond acceptors (Lipinski definition) is 5. The number of rotatable bonds is 3. The van der Waals surface area contributed by atoms with E-state index in [0.29, 0.717) is 11.9 Å². The van der Waals surface area contributed by atoms with E-state index in [1.165, 1.54) is 23.3 Å². The van der Waals surface area contributed by atoms with Gasteiger partial charge in [0.05, 0.1) is 6.04 Å². The summed E-state index contributed by atoms with van der Waals surface area (Å²) in [6, 6.07) is 2.92. The summed E-state index contributed by atoms with van der Waals surface area (Å²) in [5.41, 5.74) is 1.37. The van der Waals surface area contributed by atoms with Gasteiger partial charge >= 0.3 is 6.01 Å². The number of anilines is 1. The number of aryl methyl sites for hydroxylation is 1. The van der Waals surface area contributed by atoms with Crippen LogP contribution in [0.3, 0.4) is 0 Å². The molecule has 0 aliphatic heterocycles. The summed E-state index contributed by atoms with van der Waals surface area (Å²) < 4.78 is 5.37. The number of aromatic nitrogens is 2. The quantitative estimate of drug-likeness (QED) is 0.868. The van der Waals surface area contributed by atoms with E-state index in [2.05, 4.69) is 27.0 Å². The van der Waals surface area contributed by atoms with Crippen LogP contribution in [0.4, 0.5) is 6.01 Å². The molecule has 0 fully saturated rings. The minimum atomic E-state index is 0.253. The van der Waals surface area contributed by atoms with Crippen molar-refractivity contribution in [3.8, 4) is 0 Å². The molecular formula is C11H12ClN3OS. The highest BCUT2D eigenvalue weighted by atomic mass is 35.5. The van der Waals surface area contributed by atoms with Crippen LogP contribution >= 0.6 is 22.9 Å². The zero-order valence-corrected chi connectivity index (χ0v) is 10.7. The lowest BCUT2D eigenvalue weighted by Gasteiger charge is -2.22. The van der Waals surface area contributed by atoms with E-state index >= 15 is 0 Å². The van der Waals surface area contributed by atoms with Crippen LogP contribution in [0, 0.1) is 0 Å². The number of alkyl halides is 1. The Bertz CT molecular complexity index is 510. The molecule has 0 amide bonds. The van der Waals surface area contributed by atoms with Crippen LogP contribution in [0.25, 0.3) is 0 Å². The largest absolute Gasteiger partial charge is 0.407 e. The molecule has 90 valence electrons. The molecule has 1 atom stereocenters. The molecule has 0 saturated carbocycles. The van der Waals surface area contributed by atoms with E-state index in [0.717, 1.165) is 6.42 Å². The fourth-order valence-electron chi connectivity index (χ4n) is 2.15. The van der Waals surface area contributed by atoms with Crippen LogP contribution in [-0.2, 0) is 12.3 Å². The monoisotopic (exact) mass is 269 g/mol. The van der Waals surface area contributed by atoms with Crippen molar-refractivity contribution < 1.29 is 4.42 Å². The van der Waals surface area contributed by atoms with Gasteiger partial charge in [-0.15, -0.1) is 28.0 Å². The normalized spacial score (nSPS) is 19.0. The molecule has 0 saturated heterocycles. The summed E-state index contributed by atoms with van der Waals surface area (Å²) in [5, 5.41) is 13.2. The minimum Gasteiger partial charge on any atom is -0.407 e. The minimum absolute atomic E-state index is 0.253. The highest BCUT2D eigenvalue weighted by Crippen LogP contribution is 2.35. The van der Waals surface area contributed by atoms with Crippen LogP contribution in [0.2, 0.25) is 0 Å². The van der Waals surface area contributed by atoms with Crippen molar-refractivity contribution >= 4 is 29.0 Å². The van der Waals surface area contributed by atoms with E-state index in [1.54, 1.807) is 0 Å². The standard InChI is InChI=1S/C11H12ClN3OS/c12-6-10-14-15-11(16-10)13-8-2-1-3-9-7(8)4-5-17-9/h4-5,8H,1-3,6H2,(H,13,15). The van der Waals surface area contributed by atoms with E-state index in [4.69, 9.17) is 16.0 Å². The summed E-state index contributed by atoms with van der Waals surface area (Å²) >= 11 is 7.45. The van der Waals surface area contributed by atoms with Gasteiger partial charge in [0.15, 0.2) is 0 Å². The van der Waals surface area contributed by atoms with Gasteiger partial charge in [-0.05, 0) is 36.3 Å². The molecule has 1 aliphatic carbocycles. The third-order valence-electron chi connectivity index (χ3n) is 2.93. The van der Waals surface area contributed by atoms with E-state index in [1.807, 2.05) is 11.3 Å². The summed E-state index contributed by atoms with van der Waals surface area (Å²) in [6.45, 7) is 0. The molecule has 6 heteroatoms. The van der Waals surface area contributed by atoms with Gasteiger partial charge in [-0.3, -0.25) is 0 Å².